The summed E-state index contributed by atoms with van der Waals surface area (Å²) in [5, 5.41) is 0. The van der Waals surface area contributed by atoms with E-state index >= 15 is 0 Å². The van der Waals surface area contributed by atoms with Crippen molar-refractivity contribution in [3.05, 3.63) is 29.3 Å². The number of hydrogen-bond donors (Lipinski definition) is 0. The molecule has 1 rings (SSSR count). The smallest absolute Gasteiger partial charge is 0.445 e. The van der Waals surface area contributed by atoms with E-state index in [1.807, 2.05) is 13.8 Å². The van der Waals surface area contributed by atoms with Crippen molar-refractivity contribution >= 4 is 12.4 Å². The zero-order chi connectivity index (χ0) is 12.5. The topological polar surface area (TPSA) is 0 Å². The molecule has 0 atom stereocenters. The van der Waals surface area contributed by atoms with E-state index in [-0.39, 0.29) is 63.2 Å². The molecule has 0 amide bonds. The van der Waals surface area contributed by atoms with Gasteiger partial charge in [0.15, 0.2) is 0 Å². The second-order valence-electron chi connectivity index (χ2n) is 4.77. The zero-order valence-corrected chi connectivity index (χ0v) is 14.2. The van der Waals surface area contributed by atoms with E-state index in [1.165, 1.54) is 6.07 Å². The molecular weight excluding hydrogens is 251 g/mol. The average Bonchev–Trinajstić information content (AvgIpc) is 2.15. The molecule has 0 N–H and O–H groups in total. The van der Waals surface area contributed by atoms with Gasteiger partial charge >= 0.3 is 58.4 Å². The molecule has 0 spiro atoms. The maximum atomic E-state index is 12.8. The van der Waals surface area contributed by atoms with Crippen LogP contribution in [0.25, 0.3) is 0 Å². The van der Waals surface area contributed by atoms with Gasteiger partial charge in [0.25, 0.3) is 0 Å². The Morgan fingerprint density at radius 3 is 1.82 bits per heavy atom. The molecule has 1 aromatic rings. The largest absolute Gasteiger partial charge is 1.00 e. The van der Waals surface area contributed by atoms with Gasteiger partial charge in [-0.2, -0.15) is 0 Å². The van der Waals surface area contributed by atoms with E-state index in [2.05, 4.69) is 0 Å². The van der Waals surface area contributed by atoms with Gasteiger partial charge in [-0.05, 0) is 17.4 Å². The summed E-state index contributed by atoms with van der Waals surface area (Å²) in [6.45, 7) is 2.66. The molecule has 0 unspecified atom stereocenters. The normalized spacial score (nSPS) is 11.8. The van der Waals surface area contributed by atoms with E-state index in [4.69, 9.17) is 0 Å². The van der Waals surface area contributed by atoms with Gasteiger partial charge in [0, 0.05) is 0 Å². The molecule has 17 heavy (non-hydrogen) atoms. The third-order valence-corrected chi connectivity index (χ3v) is 2.75. The van der Waals surface area contributed by atoms with Gasteiger partial charge in [-0.15, -0.1) is 5.46 Å². The molecule has 0 aliphatic carbocycles. The van der Waals surface area contributed by atoms with Crippen LogP contribution >= 0.6 is 0 Å². The van der Waals surface area contributed by atoms with Crippen LogP contribution in [0.15, 0.2) is 18.2 Å². The van der Waals surface area contributed by atoms with Crippen molar-refractivity contribution < 1.29 is 64.3 Å². The number of rotatable bonds is 3. The van der Waals surface area contributed by atoms with E-state index in [1.54, 1.807) is 26.0 Å². The van der Waals surface area contributed by atoms with Crippen molar-refractivity contribution in [3.63, 3.8) is 0 Å². The van der Waals surface area contributed by atoms with E-state index in [0.29, 0.717) is 5.56 Å². The Hall–Kier alpha value is 0.711. The minimum absolute atomic E-state index is 0. The quantitative estimate of drug-likeness (QED) is 0.717. The molecule has 0 aromatic heterocycles. The van der Waals surface area contributed by atoms with Crippen LogP contribution in [0.1, 0.15) is 50.7 Å². The van der Waals surface area contributed by atoms with Gasteiger partial charge in [0.05, 0.1) is 0 Å². The van der Waals surface area contributed by atoms with Crippen molar-refractivity contribution in [3.8, 4) is 0 Å². The summed E-state index contributed by atoms with van der Waals surface area (Å²) in [7, 11) is 0. The van der Waals surface area contributed by atoms with Crippen molar-refractivity contribution in [2.45, 2.75) is 39.5 Å². The van der Waals surface area contributed by atoms with Crippen LogP contribution in [0.2, 0.25) is 0 Å². The van der Waals surface area contributed by atoms with Crippen molar-refractivity contribution in [1.29, 1.82) is 0 Å². The molecule has 0 nitrogen and oxygen atoms in total. The first-order valence-corrected chi connectivity index (χ1v) is 5.57. The molecule has 0 fully saturated rings. The molecule has 90 valence electrons. The summed E-state index contributed by atoms with van der Waals surface area (Å²) in [5.74, 6) is 0.157. The Morgan fingerprint density at radius 1 is 0.941 bits per heavy atom. The third kappa shape index (κ3) is 4.71. The molecule has 0 aliphatic heterocycles. The minimum Gasteiger partial charge on any atom is -0.445 e. The summed E-state index contributed by atoms with van der Waals surface area (Å²) in [5.41, 5.74) is 0.936. The first-order chi connectivity index (χ1) is 7.23. The minimum atomic E-state index is -4.90. The van der Waals surface area contributed by atoms with Crippen LogP contribution in [0.5, 0.6) is 0 Å². The molecule has 0 heterocycles. The second kappa shape index (κ2) is 6.76. The Kier molecular flexibility index (Phi) is 7.04. The molecule has 0 saturated heterocycles. The fraction of sp³-hybridized carbons (Fsp3) is 0.500. The summed E-state index contributed by atoms with van der Waals surface area (Å²) >= 11 is 0. The number of halogens is 3. The van der Waals surface area contributed by atoms with E-state index in [0.717, 1.165) is 5.56 Å². The molecular formula is C12H17BF3K. The SMILES string of the molecule is CC(C)c1ccc([B-](F)(F)F)c(C(C)C)c1.[K+]. The summed E-state index contributed by atoms with van der Waals surface area (Å²) in [4.78, 5) is 0. The van der Waals surface area contributed by atoms with Gasteiger partial charge in [0.2, 0.25) is 0 Å². The molecule has 0 bridgehead atoms. The predicted molar refractivity (Wildman–Crippen MR) is 63.3 cm³/mol. The molecule has 5 heteroatoms. The summed E-state index contributed by atoms with van der Waals surface area (Å²) in [6.07, 6.45) is 0. The summed E-state index contributed by atoms with van der Waals surface area (Å²) in [6, 6.07) is 4.51. The third-order valence-electron chi connectivity index (χ3n) is 2.75. The van der Waals surface area contributed by atoms with Crippen molar-refractivity contribution in [1.82, 2.24) is 0 Å². The molecule has 1 aromatic carbocycles. The van der Waals surface area contributed by atoms with Crippen molar-refractivity contribution in [2.75, 3.05) is 0 Å². The Labute approximate surface area is 144 Å². The number of benzene rings is 1. The molecule has 0 radical (unpaired) electrons. The Morgan fingerprint density at radius 2 is 1.47 bits per heavy atom. The second-order valence-corrected chi connectivity index (χ2v) is 4.77. The maximum Gasteiger partial charge on any atom is 1.00 e. The average molecular weight is 268 g/mol. The van der Waals surface area contributed by atoms with Crippen LogP contribution in [-0.2, 0) is 0 Å². The number of hydrogen-bond acceptors (Lipinski definition) is 0. The standard InChI is InChI=1S/C12H17BF3.K/c1-8(2)10-5-6-12(13(14,15)16)11(7-10)9(3)4;/h5-9H,1-4H3;/q-1;+1. The fourth-order valence-electron chi connectivity index (χ4n) is 1.75. The monoisotopic (exact) mass is 268 g/mol. The first-order valence-electron chi connectivity index (χ1n) is 5.57. The van der Waals surface area contributed by atoms with Gasteiger partial charge in [-0.3, -0.25) is 0 Å². The Balaban J connectivity index is 0.00000256. The van der Waals surface area contributed by atoms with Gasteiger partial charge in [0.1, 0.15) is 0 Å². The van der Waals surface area contributed by atoms with Crippen LogP contribution in [0.4, 0.5) is 12.9 Å². The van der Waals surface area contributed by atoms with Crippen LogP contribution in [0, 0.1) is 0 Å². The fourth-order valence-corrected chi connectivity index (χ4v) is 1.75. The molecule has 0 aliphatic rings. The van der Waals surface area contributed by atoms with Crippen LogP contribution < -0.4 is 56.8 Å². The zero-order valence-electron chi connectivity index (χ0n) is 11.1. The van der Waals surface area contributed by atoms with Gasteiger partial charge < -0.3 is 12.9 Å². The summed E-state index contributed by atoms with van der Waals surface area (Å²) < 4.78 is 38.4. The molecule has 0 saturated carbocycles. The van der Waals surface area contributed by atoms with E-state index < -0.39 is 12.4 Å². The van der Waals surface area contributed by atoms with E-state index in [9.17, 15) is 12.9 Å². The predicted octanol–water partition coefficient (Wildman–Crippen LogP) is 0.992. The Bertz CT molecular complexity index is 373. The first kappa shape index (κ1) is 17.7. The van der Waals surface area contributed by atoms with Crippen LogP contribution in [-0.4, -0.2) is 6.98 Å². The van der Waals surface area contributed by atoms with Gasteiger partial charge in [-0.25, -0.2) is 0 Å². The van der Waals surface area contributed by atoms with Crippen LogP contribution in [0.3, 0.4) is 0 Å². The maximum absolute atomic E-state index is 12.8. The van der Waals surface area contributed by atoms with Gasteiger partial charge in [-0.1, -0.05) is 51.5 Å². The van der Waals surface area contributed by atoms with Crippen molar-refractivity contribution in [2.24, 2.45) is 0 Å².